The van der Waals surface area contributed by atoms with Crippen molar-refractivity contribution < 1.29 is 14.3 Å². The Labute approximate surface area is 134 Å². The fourth-order valence-electron chi connectivity index (χ4n) is 2.72. The van der Waals surface area contributed by atoms with E-state index in [1.165, 1.54) is 12.7 Å². The van der Waals surface area contributed by atoms with Gasteiger partial charge in [0.05, 0.1) is 13.5 Å². The average molecular weight is 327 g/mol. The van der Waals surface area contributed by atoms with E-state index in [1.807, 2.05) is 30.0 Å². The number of hydrogen-bond donors (Lipinski definition) is 0. The SMILES string of the molecule is COC(=O)CC1(CSCC2Cc3cc(Cl)ccc3O2)CC1. The van der Waals surface area contributed by atoms with E-state index >= 15 is 0 Å². The topological polar surface area (TPSA) is 35.5 Å². The van der Waals surface area contributed by atoms with Crippen LogP contribution in [0, 0.1) is 5.41 Å². The molecule has 2 aliphatic rings. The molecule has 21 heavy (non-hydrogen) atoms. The standard InChI is InChI=1S/C16H19ClO3S/c1-19-15(18)8-16(4-5-16)10-21-9-13-7-11-6-12(17)2-3-14(11)20-13/h2-3,6,13H,4-5,7-10H2,1H3. The second kappa shape index (κ2) is 6.09. The number of fused-ring (bicyclic) bond motifs is 1. The van der Waals surface area contributed by atoms with Crippen LogP contribution >= 0.6 is 23.4 Å². The summed E-state index contributed by atoms with van der Waals surface area (Å²) in [7, 11) is 1.46. The minimum Gasteiger partial charge on any atom is -0.489 e. The molecule has 0 bridgehead atoms. The number of methoxy groups -OCH3 is 1. The van der Waals surface area contributed by atoms with Gasteiger partial charge in [0.25, 0.3) is 0 Å². The van der Waals surface area contributed by atoms with E-state index in [4.69, 9.17) is 21.1 Å². The van der Waals surface area contributed by atoms with Crippen molar-refractivity contribution in [1.29, 1.82) is 0 Å². The van der Waals surface area contributed by atoms with Crippen molar-refractivity contribution in [3.8, 4) is 5.75 Å². The molecule has 0 amide bonds. The van der Waals surface area contributed by atoms with Gasteiger partial charge in [0.15, 0.2) is 0 Å². The molecular weight excluding hydrogens is 308 g/mol. The molecule has 1 atom stereocenters. The van der Waals surface area contributed by atoms with Gasteiger partial charge in [-0.05, 0) is 47.8 Å². The minimum absolute atomic E-state index is 0.0905. The maximum atomic E-state index is 11.4. The molecule has 1 saturated carbocycles. The molecule has 1 aromatic rings. The molecular formula is C16H19ClO3S. The van der Waals surface area contributed by atoms with Gasteiger partial charge >= 0.3 is 5.97 Å². The monoisotopic (exact) mass is 326 g/mol. The summed E-state index contributed by atoms with van der Waals surface area (Å²) in [5, 5.41) is 0.765. The molecule has 1 aromatic carbocycles. The largest absolute Gasteiger partial charge is 0.489 e. The lowest BCUT2D eigenvalue weighted by molar-refractivity contribution is -0.141. The second-order valence-electron chi connectivity index (χ2n) is 5.96. The molecule has 1 unspecified atom stereocenters. The van der Waals surface area contributed by atoms with E-state index in [0.717, 1.165) is 41.5 Å². The van der Waals surface area contributed by atoms with Crippen LogP contribution in [0.5, 0.6) is 5.75 Å². The summed E-state index contributed by atoms with van der Waals surface area (Å²) in [5.41, 5.74) is 1.38. The van der Waals surface area contributed by atoms with Crippen molar-refractivity contribution in [2.75, 3.05) is 18.6 Å². The summed E-state index contributed by atoms with van der Waals surface area (Å²) in [6, 6.07) is 5.80. The summed E-state index contributed by atoms with van der Waals surface area (Å²) in [4.78, 5) is 11.4. The van der Waals surface area contributed by atoms with Crippen molar-refractivity contribution in [1.82, 2.24) is 0 Å². The molecule has 1 heterocycles. The van der Waals surface area contributed by atoms with Crippen LogP contribution in [0.25, 0.3) is 0 Å². The van der Waals surface area contributed by atoms with Gasteiger partial charge in [0.2, 0.25) is 0 Å². The summed E-state index contributed by atoms with van der Waals surface area (Å²) in [6.45, 7) is 0. The van der Waals surface area contributed by atoms with Gasteiger partial charge in [-0.15, -0.1) is 0 Å². The van der Waals surface area contributed by atoms with Gasteiger partial charge in [-0.3, -0.25) is 4.79 Å². The highest BCUT2D eigenvalue weighted by molar-refractivity contribution is 7.99. The molecule has 0 radical (unpaired) electrons. The lowest BCUT2D eigenvalue weighted by Gasteiger charge is -2.15. The highest BCUT2D eigenvalue weighted by Gasteiger charge is 2.44. The number of esters is 1. The Hall–Kier alpha value is -0.870. The molecule has 0 aromatic heterocycles. The fraction of sp³-hybridized carbons (Fsp3) is 0.562. The Balaban J connectivity index is 1.44. The van der Waals surface area contributed by atoms with E-state index in [9.17, 15) is 4.79 Å². The van der Waals surface area contributed by atoms with Crippen molar-refractivity contribution >= 4 is 29.3 Å². The third-order valence-corrected chi connectivity index (χ3v) is 5.84. The normalized spacial score (nSPS) is 21.5. The van der Waals surface area contributed by atoms with Gasteiger partial charge in [-0.1, -0.05) is 11.6 Å². The maximum Gasteiger partial charge on any atom is 0.306 e. The number of carbonyl (C=O) groups is 1. The highest BCUT2D eigenvalue weighted by atomic mass is 35.5. The Morgan fingerprint density at radius 3 is 3.05 bits per heavy atom. The van der Waals surface area contributed by atoms with Crippen molar-refractivity contribution in [3.05, 3.63) is 28.8 Å². The summed E-state index contributed by atoms with van der Waals surface area (Å²) in [6.07, 6.45) is 3.97. The van der Waals surface area contributed by atoms with E-state index in [-0.39, 0.29) is 17.5 Å². The van der Waals surface area contributed by atoms with Crippen LogP contribution in [0.2, 0.25) is 5.02 Å². The van der Waals surface area contributed by atoms with E-state index in [0.29, 0.717) is 6.42 Å². The molecule has 1 fully saturated rings. The van der Waals surface area contributed by atoms with Crippen LogP contribution in [0.4, 0.5) is 0 Å². The van der Waals surface area contributed by atoms with Gasteiger partial charge in [0.1, 0.15) is 11.9 Å². The van der Waals surface area contributed by atoms with Crippen LogP contribution in [0.1, 0.15) is 24.8 Å². The highest BCUT2D eigenvalue weighted by Crippen LogP contribution is 2.51. The van der Waals surface area contributed by atoms with Gasteiger partial charge in [-0.2, -0.15) is 11.8 Å². The molecule has 1 aliphatic heterocycles. The number of halogens is 1. The maximum absolute atomic E-state index is 11.4. The molecule has 114 valence electrons. The zero-order valence-corrected chi connectivity index (χ0v) is 13.6. The quantitative estimate of drug-likeness (QED) is 0.746. The van der Waals surface area contributed by atoms with Crippen molar-refractivity contribution in [3.63, 3.8) is 0 Å². The molecule has 0 spiro atoms. The predicted octanol–water partition coefficient (Wildman–Crippen LogP) is 3.72. The first kappa shape index (κ1) is 15.0. The molecule has 3 rings (SSSR count). The van der Waals surface area contributed by atoms with Crippen molar-refractivity contribution in [2.24, 2.45) is 5.41 Å². The summed E-state index contributed by atoms with van der Waals surface area (Å²) in [5.74, 6) is 2.84. The molecule has 0 N–H and O–H groups in total. The lowest BCUT2D eigenvalue weighted by atomic mass is 10.1. The first-order chi connectivity index (χ1) is 10.1. The van der Waals surface area contributed by atoms with E-state index in [2.05, 4.69) is 0 Å². The third kappa shape index (κ3) is 3.67. The Morgan fingerprint density at radius 1 is 1.52 bits per heavy atom. The number of rotatable bonds is 6. The average Bonchev–Trinajstić information content (AvgIpc) is 3.09. The number of benzene rings is 1. The van der Waals surface area contributed by atoms with Crippen molar-refractivity contribution in [2.45, 2.75) is 31.8 Å². The smallest absolute Gasteiger partial charge is 0.306 e. The second-order valence-corrected chi connectivity index (χ2v) is 7.43. The van der Waals surface area contributed by atoms with E-state index < -0.39 is 0 Å². The Morgan fingerprint density at radius 2 is 2.33 bits per heavy atom. The molecule has 0 saturated heterocycles. The van der Waals surface area contributed by atoms with Gasteiger partial charge < -0.3 is 9.47 Å². The third-order valence-electron chi connectivity index (χ3n) is 4.18. The Bertz CT molecular complexity index is 542. The number of thioether (sulfide) groups is 1. The van der Waals surface area contributed by atoms with Crippen LogP contribution in [-0.2, 0) is 16.0 Å². The van der Waals surface area contributed by atoms with Gasteiger partial charge in [0, 0.05) is 17.2 Å². The molecule has 1 aliphatic carbocycles. The van der Waals surface area contributed by atoms with Crippen LogP contribution in [-0.4, -0.2) is 30.7 Å². The summed E-state index contributed by atoms with van der Waals surface area (Å²) >= 11 is 7.88. The number of carbonyl (C=O) groups excluding carboxylic acids is 1. The van der Waals surface area contributed by atoms with Crippen LogP contribution in [0.15, 0.2) is 18.2 Å². The number of hydrogen-bond acceptors (Lipinski definition) is 4. The minimum atomic E-state index is -0.0905. The molecule has 3 nitrogen and oxygen atoms in total. The first-order valence-corrected chi connectivity index (χ1v) is 8.73. The summed E-state index contributed by atoms with van der Waals surface area (Å²) < 4.78 is 10.7. The van der Waals surface area contributed by atoms with E-state index in [1.54, 1.807) is 0 Å². The predicted molar refractivity (Wildman–Crippen MR) is 85.2 cm³/mol. The lowest BCUT2D eigenvalue weighted by Crippen LogP contribution is -2.19. The van der Waals surface area contributed by atoms with Gasteiger partial charge in [-0.25, -0.2) is 0 Å². The zero-order chi connectivity index (χ0) is 14.9. The first-order valence-electron chi connectivity index (χ1n) is 7.20. The van der Waals surface area contributed by atoms with Crippen LogP contribution in [0.3, 0.4) is 0 Å². The fourth-order valence-corrected chi connectivity index (χ4v) is 4.30. The van der Waals surface area contributed by atoms with Crippen LogP contribution < -0.4 is 4.74 Å². The molecule has 5 heteroatoms. The number of ether oxygens (including phenoxy) is 2. The zero-order valence-electron chi connectivity index (χ0n) is 12.1. The Kier molecular flexibility index (Phi) is 4.36.